The van der Waals surface area contributed by atoms with Crippen LogP contribution < -0.4 is 5.73 Å². The van der Waals surface area contributed by atoms with Gasteiger partial charge < -0.3 is 15.9 Å². The van der Waals surface area contributed by atoms with Gasteiger partial charge in [-0.05, 0) is 12.8 Å². The number of nitrogens with two attached hydrogens (primary N) is 1. The van der Waals surface area contributed by atoms with Crippen LogP contribution in [0.3, 0.4) is 0 Å². The summed E-state index contributed by atoms with van der Waals surface area (Å²) < 4.78 is 29.6. The molecule has 0 rings (SSSR count). The average molecular weight is 241 g/mol. The predicted molar refractivity (Wildman–Crippen MR) is 47.8 cm³/mol. The Balaban J connectivity index is 4.47. The predicted octanol–water partition coefficient (Wildman–Crippen LogP) is -1.48. The molecule has 0 unspecified atom stereocenters. The molecule has 8 nitrogen and oxygen atoms in total. The van der Waals surface area contributed by atoms with Gasteiger partial charge >= 0.3 is 11.9 Å². The maximum Gasteiger partial charge on any atom is 0.324 e. The van der Waals surface area contributed by atoms with Crippen molar-refractivity contribution in [2.45, 2.75) is 24.1 Å². The molecule has 0 spiro atoms. The minimum atomic E-state index is -4.73. The zero-order valence-electron chi connectivity index (χ0n) is 7.53. The van der Waals surface area contributed by atoms with E-state index in [4.69, 9.17) is 20.5 Å². The molecule has 0 bridgehead atoms. The van der Waals surface area contributed by atoms with Crippen LogP contribution in [0.2, 0.25) is 0 Å². The van der Waals surface area contributed by atoms with Crippen LogP contribution in [0.4, 0.5) is 0 Å². The molecule has 0 aliphatic heterocycles. The molecule has 15 heavy (non-hydrogen) atoms. The second kappa shape index (κ2) is 5.05. The second-order valence-corrected chi connectivity index (χ2v) is 4.46. The zero-order chi connectivity index (χ0) is 12.2. The van der Waals surface area contributed by atoms with Crippen LogP contribution in [-0.4, -0.2) is 46.4 Å². The third-order valence-corrected chi connectivity index (χ3v) is 2.85. The lowest BCUT2D eigenvalue weighted by atomic mass is 10.1. The van der Waals surface area contributed by atoms with Gasteiger partial charge in [-0.2, -0.15) is 8.42 Å². The van der Waals surface area contributed by atoms with Crippen molar-refractivity contribution in [1.82, 2.24) is 0 Å². The Morgan fingerprint density at radius 1 is 1.13 bits per heavy atom. The van der Waals surface area contributed by atoms with Gasteiger partial charge in [-0.3, -0.25) is 14.1 Å². The molecule has 0 aromatic rings. The average Bonchev–Trinajstić information content (AvgIpc) is 2.00. The van der Waals surface area contributed by atoms with Crippen molar-refractivity contribution in [3.8, 4) is 0 Å². The van der Waals surface area contributed by atoms with Crippen LogP contribution >= 0.6 is 0 Å². The first-order valence-electron chi connectivity index (χ1n) is 3.83. The lowest BCUT2D eigenvalue weighted by Crippen LogP contribution is -2.35. The van der Waals surface area contributed by atoms with Gasteiger partial charge in [0.05, 0.1) is 0 Å². The van der Waals surface area contributed by atoms with Crippen LogP contribution in [0, 0.1) is 0 Å². The highest BCUT2D eigenvalue weighted by Crippen LogP contribution is 2.09. The van der Waals surface area contributed by atoms with Crippen molar-refractivity contribution < 1.29 is 32.8 Å². The van der Waals surface area contributed by atoms with E-state index in [0.29, 0.717) is 0 Å². The molecule has 0 saturated carbocycles. The van der Waals surface area contributed by atoms with Crippen molar-refractivity contribution >= 4 is 22.1 Å². The monoisotopic (exact) mass is 241 g/mol. The highest BCUT2D eigenvalue weighted by Gasteiger charge is 2.31. The minimum Gasteiger partial charge on any atom is -0.480 e. The fourth-order valence-electron chi connectivity index (χ4n) is 0.854. The fraction of sp³-hybridized carbons (Fsp3) is 0.667. The van der Waals surface area contributed by atoms with E-state index in [1.807, 2.05) is 0 Å². The molecule has 0 aliphatic carbocycles. The fourth-order valence-corrected chi connectivity index (χ4v) is 1.54. The van der Waals surface area contributed by atoms with Gasteiger partial charge in [0.1, 0.15) is 6.04 Å². The smallest absolute Gasteiger partial charge is 0.324 e. The number of hydrogen-bond acceptors (Lipinski definition) is 5. The summed E-state index contributed by atoms with van der Waals surface area (Å²) in [6.45, 7) is 0. The maximum atomic E-state index is 10.5. The zero-order valence-corrected chi connectivity index (χ0v) is 8.35. The first-order valence-corrected chi connectivity index (χ1v) is 5.34. The van der Waals surface area contributed by atoms with Crippen molar-refractivity contribution in [3.05, 3.63) is 0 Å². The summed E-state index contributed by atoms with van der Waals surface area (Å²) in [5, 5.41) is 14.7. The normalized spacial score (nSPS) is 15.6. The first kappa shape index (κ1) is 13.8. The molecule has 0 aromatic carbocycles. The van der Waals surface area contributed by atoms with E-state index in [1.165, 1.54) is 0 Å². The molecule has 0 aromatic heterocycles. The van der Waals surface area contributed by atoms with Crippen LogP contribution in [0.1, 0.15) is 12.8 Å². The van der Waals surface area contributed by atoms with Crippen LogP contribution in [-0.2, 0) is 19.7 Å². The Labute approximate surface area is 85.4 Å². The van der Waals surface area contributed by atoms with Gasteiger partial charge in [0.25, 0.3) is 10.1 Å². The lowest BCUT2D eigenvalue weighted by molar-refractivity contribution is -0.140. The molecule has 88 valence electrons. The molecule has 0 aliphatic rings. The van der Waals surface area contributed by atoms with Crippen LogP contribution in [0.25, 0.3) is 0 Å². The summed E-state index contributed by atoms with van der Waals surface area (Å²) in [5.41, 5.74) is 5.04. The highest BCUT2D eigenvalue weighted by atomic mass is 32.2. The van der Waals surface area contributed by atoms with Crippen molar-refractivity contribution in [1.29, 1.82) is 0 Å². The molecule has 5 N–H and O–H groups in total. The van der Waals surface area contributed by atoms with E-state index in [2.05, 4.69) is 0 Å². The number of carboxylic acid groups (broad SMARTS) is 2. The van der Waals surface area contributed by atoms with Gasteiger partial charge in [-0.15, -0.1) is 0 Å². The van der Waals surface area contributed by atoms with E-state index in [-0.39, 0.29) is 6.42 Å². The SMILES string of the molecule is N[C@@H](CC[C@H](C(=O)O)S(=O)(=O)O)C(=O)O. The minimum absolute atomic E-state index is 0.355. The standard InChI is InChI=1S/C6H11NO7S/c7-3(5(8)9)1-2-4(6(10)11)15(12,13)14/h3-4H,1-2,7H2,(H,8,9)(H,10,11)(H,12,13,14)/t3-,4+/m0/s1. The quantitative estimate of drug-likeness (QED) is 0.410. The van der Waals surface area contributed by atoms with Gasteiger partial charge in [-0.1, -0.05) is 0 Å². The van der Waals surface area contributed by atoms with E-state index in [1.54, 1.807) is 0 Å². The molecule has 0 saturated heterocycles. The molecular formula is C6H11NO7S. The number of aliphatic carboxylic acids is 2. The van der Waals surface area contributed by atoms with Gasteiger partial charge in [0.15, 0.2) is 5.25 Å². The van der Waals surface area contributed by atoms with Gasteiger partial charge in [-0.25, -0.2) is 0 Å². The van der Waals surface area contributed by atoms with Crippen molar-refractivity contribution in [3.63, 3.8) is 0 Å². The van der Waals surface area contributed by atoms with E-state index < -0.39 is 39.8 Å². The third-order valence-electron chi connectivity index (χ3n) is 1.69. The number of hydrogen-bond donors (Lipinski definition) is 4. The molecule has 0 radical (unpaired) electrons. The Kier molecular flexibility index (Phi) is 4.65. The Morgan fingerprint density at radius 2 is 1.60 bits per heavy atom. The largest absolute Gasteiger partial charge is 0.480 e. The summed E-state index contributed by atoms with van der Waals surface area (Å²) in [6, 6.07) is -1.35. The lowest BCUT2D eigenvalue weighted by Gasteiger charge is -2.10. The van der Waals surface area contributed by atoms with Crippen LogP contribution in [0.15, 0.2) is 0 Å². The second-order valence-electron chi connectivity index (χ2n) is 2.86. The summed E-state index contributed by atoms with van der Waals surface area (Å²) in [6.07, 6.45) is -0.909. The van der Waals surface area contributed by atoms with Crippen LogP contribution in [0.5, 0.6) is 0 Å². The molecule has 2 atom stereocenters. The molecule has 0 amide bonds. The Morgan fingerprint density at radius 3 is 1.87 bits per heavy atom. The summed E-state index contributed by atoms with van der Waals surface area (Å²) in [4.78, 5) is 20.6. The molecule has 0 heterocycles. The molecular weight excluding hydrogens is 230 g/mol. The van der Waals surface area contributed by atoms with Gasteiger partial charge in [0, 0.05) is 0 Å². The summed E-state index contributed by atoms with van der Waals surface area (Å²) in [7, 11) is -4.73. The van der Waals surface area contributed by atoms with E-state index in [0.717, 1.165) is 0 Å². The van der Waals surface area contributed by atoms with E-state index in [9.17, 15) is 18.0 Å². The third kappa shape index (κ3) is 4.72. The highest BCUT2D eigenvalue weighted by molar-refractivity contribution is 7.87. The Bertz CT molecular complexity index is 348. The molecule has 0 fully saturated rings. The maximum absolute atomic E-state index is 10.5. The van der Waals surface area contributed by atoms with Crippen molar-refractivity contribution in [2.24, 2.45) is 5.73 Å². The number of carbonyl (C=O) groups is 2. The molecule has 9 heteroatoms. The number of carboxylic acids is 2. The van der Waals surface area contributed by atoms with E-state index >= 15 is 0 Å². The summed E-state index contributed by atoms with van der Waals surface area (Å²) >= 11 is 0. The van der Waals surface area contributed by atoms with Crippen molar-refractivity contribution in [2.75, 3.05) is 0 Å². The summed E-state index contributed by atoms with van der Waals surface area (Å²) in [5.74, 6) is -3.11. The first-order chi connectivity index (χ1) is 6.66. The topological polar surface area (TPSA) is 155 Å². The number of rotatable bonds is 6. The van der Waals surface area contributed by atoms with Gasteiger partial charge in [0.2, 0.25) is 0 Å². The Hall–Kier alpha value is -1.19.